The molecule has 0 radical (unpaired) electrons. The number of ether oxygens (including phenoxy) is 3. The molecule has 0 aliphatic carbocycles. The number of aryl methyl sites for hydroxylation is 1. The Morgan fingerprint density at radius 1 is 1.00 bits per heavy atom. The maximum absolute atomic E-state index is 11.9. The Kier molecular flexibility index (Phi) is 9.05. The summed E-state index contributed by atoms with van der Waals surface area (Å²) in [6, 6.07) is 8.61. The Hall–Kier alpha value is -3.44. The second-order valence-corrected chi connectivity index (χ2v) is 10.1. The van der Waals surface area contributed by atoms with Gasteiger partial charge in [-0.05, 0) is 37.1 Å². The number of halogens is 1. The second kappa shape index (κ2) is 12.0. The summed E-state index contributed by atoms with van der Waals surface area (Å²) >= 11 is 6.34. The Morgan fingerprint density at radius 3 is 2.44 bits per heavy atom. The lowest BCUT2D eigenvalue weighted by molar-refractivity contribution is 0.288. The van der Waals surface area contributed by atoms with E-state index in [0.717, 1.165) is 30.3 Å². The summed E-state index contributed by atoms with van der Waals surface area (Å²) in [7, 11) is -0.453. The minimum Gasteiger partial charge on any atom is -0.497 e. The van der Waals surface area contributed by atoms with Gasteiger partial charge >= 0.3 is 0 Å². The molecule has 1 aromatic heterocycles. The number of benzene rings is 2. The first-order chi connectivity index (χ1) is 17.1. The minimum atomic E-state index is -3.54. The Morgan fingerprint density at radius 2 is 1.78 bits per heavy atom. The van der Waals surface area contributed by atoms with E-state index in [-0.39, 0.29) is 22.5 Å². The molecule has 36 heavy (non-hydrogen) atoms. The topological polar surface area (TPSA) is 124 Å². The summed E-state index contributed by atoms with van der Waals surface area (Å²) in [5, 5.41) is 6.51. The average molecular weight is 536 g/mol. The predicted molar refractivity (Wildman–Crippen MR) is 143 cm³/mol. The maximum atomic E-state index is 11.9. The van der Waals surface area contributed by atoms with Crippen LogP contribution in [-0.4, -0.2) is 45.5 Å². The standard InChI is InChI=1S/C24H30ClN5O5S/c1-6-7-10-35-22-13-19(15(2)11-21(22)34-4)28-24-26-14-17(25)23(29-24)27-18-9-8-16(33-3)12-20(18)30-36(5,31)32/h8-9,11-14,30H,6-7,10H2,1-5H3,(H2,26,27,28,29). The highest BCUT2D eigenvalue weighted by Gasteiger charge is 2.15. The van der Waals surface area contributed by atoms with E-state index < -0.39 is 10.0 Å². The van der Waals surface area contributed by atoms with Gasteiger partial charge in [0.15, 0.2) is 17.3 Å². The number of nitrogens with one attached hydrogen (secondary N) is 3. The van der Waals surface area contributed by atoms with Crippen LogP contribution in [0, 0.1) is 6.92 Å². The molecule has 3 aromatic rings. The molecule has 0 unspecified atom stereocenters. The van der Waals surface area contributed by atoms with Crippen molar-refractivity contribution in [1.82, 2.24) is 9.97 Å². The fraction of sp³-hybridized carbons (Fsp3) is 0.333. The monoisotopic (exact) mass is 535 g/mol. The van der Waals surface area contributed by atoms with Crippen LogP contribution in [0.5, 0.6) is 17.2 Å². The number of hydrogen-bond acceptors (Lipinski definition) is 9. The highest BCUT2D eigenvalue weighted by atomic mass is 35.5. The molecule has 3 N–H and O–H groups in total. The van der Waals surface area contributed by atoms with Crippen molar-refractivity contribution >= 4 is 50.5 Å². The largest absolute Gasteiger partial charge is 0.497 e. The van der Waals surface area contributed by atoms with Gasteiger partial charge in [-0.2, -0.15) is 4.98 Å². The van der Waals surface area contributed by atoms with Gasteiger partial charge in [-0.25, -0.2) is 13.4 Å². The summed E-state index contributed by atoms with van der Waals surface area (Å²) < 4.78 is 42.7. The van der Waals surface area contributed by atoms with E-state index in [0.29, 0.717) is 29.5 Å². The normalized spacial score (nSPS) is 11.1. The molecule has 0 saturated carbocycles. The fourth-order valence-corrected chi connectivity index (χ4v) is 3.91. The highest BCUT2D eigenvalue weighted by molar-refractivity contribution is 7.92. The van der Waals surface area contributed by atoms with Crippen molar-refractivity contribution in [2.24, 2.45) is 0 Å². The van der Waals surface area contributed by atoms with E-state index in [4.69, 9.17) is 25.8 Å². The van der Waals surface area contributed by atoms with Crippen molar-refractivity contribution in [1.29, 1.82) is 0 Å². The number of rotatable bonds is 12. The van der Waals surface area contributed by atoms with Crippen molar-refractivity contribution in [2.45, 2.75) is 26.7 Å². The number of nitrogens with zero attached hydrogens (tertiary/aromatic N) is 2. The van der Waals surface area contributed by atoms with Gasteiger partial charge in [0.2, 0.25) is 16.0 Å². The molecule has 0 aliphatic heterocycles. The molecule has 12 heteroatoms. The molecule has 2 aromatic carbocycles. The van der Waals surface area contributed by atoms with E-state index in [1.54, 1.807) is 25.3 Å². The van der Waals surface area contributed by atoms with E-state index in [1.165, 1.54) is 13.3 Å². The molecule has 0 saturated heterocycles. The maximum Gasteiger partial charge on any atom is 0.229 e. The number of sulfonamides is 1. The van der Waals surface area contributed by atoms with Gasteiger partial charge in [0.1, 0.15) is 10.8 Å². The van der Waals surface area contributed by atoms with Crippen molar-refractivity contribution in [3.8, 4) is 17.2 Å². The van der Waals surface area contributed by atoms with Crippen molar-refractivity contribution in [3.05, 3.63) is 47.1 Å². The lowest BCUT2D eigenvalue weighted by Gasteiger charge is -2.17. The van der Waals surface area contributed by atoms with E-state index in [1.807, 2.05) is 19.1 Å². The van der Waals surface area contributed by atoms with Gasteiger partial charge in [-0.1, -0.05) is 24.9 Å². The molecule has 10 nitrogen and oxygen atoms in total. The van der Waals surface area contributed by atoms with Crippen LogP contribution >= 0.6 is 11.6 Å². The SMILES string of the molecule is CCCCOc1cc(Nc2ncc(Cl)c(Nc3ccc(OC)cc3NS(C)(=O)=O)n2)c(C)cc1OC. The molecule has 0 spiro atoms. The van der Waals surface area contributed by atoms with Crippen LogP contribution in [0.2, 0.25) is 5.02 Å². The number of methoxy groups -OCH3 is 2. The Labute approximate surface area is 216 Å². The summed E-state index contributed by atoms with van der Waals surface area (Å²) in [6.07, 6.45) is 4.46. The Bertz CT molecular complexity index is 1320. The first-order valence-electron chi connectivity index (χ1n) is 11.2. The van der Waals surface area contributed by atoms with E-state index in [2.05, 4.69) is 32.2 Å². The molecule has 0 amide bonds. The summed E-state index contributed by atoms with van der Waals surface area (Å²) in [4.78, 5) is 8.76. The molecule has 0 bridgehead atoms. The van der Waals surface area contributed by atoms with Crippen molar-refractivity contribution in [3.63, 3.8) is 0 Å². The fourth-order valence-electron chi connectivity index (χ4n) is 3.20. The van der Waals surface area contributed by atoms with Crippen molar-refractivity contribution < 1.29 is 22.6 Å². The van der Waals surface area contributed by atoms with Crippen LogP contribution in [0.25, 0.3) is 0 Å². The number of hydrogen-bond donors (Lipinski definition) is 3. The third-order valence-electron chi connectivity index (χ3n) is 5.03. The summed E-state index contributed by atoms with van der Waals surface area (Å²) in [5.74, 6) is 2.29. The van der Waals surface area contributed by atoms with Crippen LogP contribution in [0.3, 0.4) is 0 Å². The van der Waals surface area contributed by atoms with Crippen LogP contribution in [-0.2, 0) is 10.0 Å². The van der Waals surface area contributed by atoms with Gasteiger partial charge in [0, 0.05) is 17.8 Å². The van der Waals surface area contributed by atoms with Gasteiger partial charge in [-0.3, -0.25) is 4.72 Å². The summed E-state index contributed by atoms with van der Waals surface area (Å²) in [5.41, 5.74) is 2.35. The zero-order valence-corrected chi connectivity index (χ0v) is 22.4. The van der Waals surface area contributed by atoms with Gasteiger partial charge in [0.25, 0.3) is 0 Å². The van der Waals surface area contributed by atoms with Crippen molar-refractivity contribution in [2.75, 3.05) is 42.4 Å². The predicted octanol–water partition coefficient (Wildman–Crippen LogP) is 5.49. The van der Waals surface area contributed by atoms with Crippen LogP contribution < -0.4 is 29.6 Å². The molecular weight excluding hydrogens is 506 g/mol. The quantitative estimate of drug-likeness (QED) is 0.258. The van der Waals surface area contributed by atoms with Crippen LogP contribution in [0.4, 0.5) is 28.8 Å². The third kappa shape index (κ3) is 7.28. The molecule has 0 atom stereocenters. The Balaban J connectivity index is 1.90. The third-order valence-corrected chi connectivity index (χ3v) is 5.90. The molecular formula is C24H30ClN5O5S. The lowest BCUT2D eigenvalue weighted by Crippen LogP contribution is -2.11. The van der Waals surface area contributed by atoms with Gasteiger partial charge < -0.3 is 24.8 Å². The zero-order chi connectivity index (χ0) is 26.3. The van der Waals surface area contributed by atoms with Gasteiger partial charge in [0.05, 0.1) is 44.7 Å². The first kappa shape index (κ1) is 27.2. The average Bonchev–Trinajstić information content (AvgIpc) is 2.83. The van der Waals surface area contributed by atoms with E-state index in [9.17, 15) is 8.42 Å². The first-order valence-corrected chi connectivity index (χ1v) is 13.4. The molecule has 3 rings (SSSR count). The van der Waals surface area contributed by atoms with E-state index >= 15 is 0 Å². The molecule has 194 valence electrons. The smallest absolute Gasteiger partial charge is 0.229 e. The second-order valence-electron chi connectivity index (χ2n) is 7.95. The van der Waals surface area contributed by atoms with Gasteiger partial charge in [-0.15, -0.1) is 0 Å². The van der Waals surface area contributed by atoms with Crippen LogP contribution in [0.1, 0.15) is 25.3 Å². The number of anilines is 5. The molecule has 1 heterocycles. The number of aromatic nitrogens is 2. The minimum absolute atomic E-state index is 0.247. The summed E-state index contributed by atoms with van der Waals surface area (Å²) in [6.45, 7) is 4.60. The lowest BCUT2D eigenvalue weighted by atomic mass is 10.1. The highest BCUT2D eigenvalue weighted by Crippen LogP contribution is 2.36. The zero-order valence-electron chi connectivity index (χ0n) is 20.8. The molecule has 0 fully saturated rings. The molecule has 0 aliphatic rings. The number of unbranched alkanes of at least 4 members (excludes halogenated alkanes) is 1. The van der Waals surface area contributed by atoms with Crippen LogP contribution in [0.15, 0.2) is 36.5 Å².